The first kappa shape index (κ1) is 12.6. The zero-order valence-electron chi connectivity index (χ0n) is 10.8. The number of fused-ring (bicyclic) bond motifs is 1. The summed E-state index contributed by atoms with van der Waals surface area (Å²) in [6.07, 6.45) is 5.68. The quantitative estimate of drug-likeness (QED) is 0.664. The maximum Gasteiger partial charge on any atom is 0.252 e. The van der Waals surface area contributed by atoms with E-state index in [0.29, 0.717) is 5.16 Å². The lowest BCUT2D eigenvalue weighted by Gasteiger charge is -2.25. The molecule has 0 aromatic carbocycles. The van der Waals surface area contributed by atoms with Crippen LogP contribution < -0.4 is 10.9 Å². The van der Waals surface area contributed by atoms with Crippen LogP contribution in [-0.2, 0) is 0 Å². The molecule has 3 heterocycles. The van der Waals surface area contributed by atoms with Crippen LogP contribution in [0.5, 0.6) is 0 Å². The molecule has 0 bridgehead atoms. The monoisotopic (exact) mass is 276 g/mol. The fraction of sp³-hybridized carbons (Fsp3) is 0.462. The van der Waals surface area contributed by atoms with Crippen molar-refractivity contribution in [2.24, 2.45) is 0 Å². The molecule has 1 aliphatic heterocycles. The third kappa shape index (κ3) is 2.37. The summed E-state index contributed by atoms with van der Waals surface area (Å²) in [5.74, 6) is 0. The van der Waals surface area contributed by atoms with Crippen molar-refractivity contribution in [3.05, 3.63) is 28.7 Å². The number of hydrogen-bond donors (Lipinski definition) is 1. The minimum absolute atomic E-state index is 0.0325. The molecule has 0 atom stereocenters. The number of thioether (sulfide) groups is 1. The van der Waals surface area contributed by atoms with Crippen molar-refractivity contribution in [1.82, 2.24) is 19.9 Å². The van der Waals surface area contributed by atoms with Crippen LogP contribution in [0.3, 0.4) is 0 Å². The van der Waals surface area contributed by atoms with E-state index in [4.69, 9.17) is 0 Å². The molecule has 1 fully saturated rings. The normalized spacial score (nSPS) is 16.9. The van der Waals surface area contributed by atoms with Gasteiger partial charge in [-0.05, 0) is 38.3 Å². The molecule has 0 spiro atoms. The molecule has 6 heteroatoms. The van der Waals surface area contributed by atoms with E-state index in [1.807, 2.05) is 10.8 Å². The number of rotatable bonds is 2. The van der Waals surface area contributed by atoms with Crippen molar-refractivity contribution >= 4 is 22.8 Å². The molecule has 19 heavy (non-hydrogen) atoms. The molecule has 0 aliphatic carbocycles. The topological polar surface area (TPSA) is 59.8 Å². The van der Waals surface area contributed by atoms with Crippen LogP contribution in [-0.4, -0.2) is 33.9 Å². The number of hydrogen-bond acceptors (Lipinski definition) is 5. The van der Waals surface area contributed by atoms with E-state index in [2.05, 4.69) is 15.3 Å². The summed E-state index contributed by atoms with van der Waals surface area (Å²) in [5.41, 5.74) is 0.795. The Morgan fingerprint density at radius 3 is 2.89 bits per heavy atom. The Morgan fingerprint density at radius 2 is 2.16 bits per heavy atom. The zero-order chi connectivity index (χ0) is 13.2. The Hall–Kier alpha value is -1.40. The van der Waals surface area contributed by atoms with E-state index in [0.717, 1.165) is 37.0 Å². The molecule has 0 radical (unpaired) electrons. The van der Waals surface area contributed by atoms with Gasteiger partial charge in [0.2, 0.25) is 0 Å². The highest BCUT2D eigenvalue weighted by Gasteiger charge is 2.18. The summed E-state index contributed by atoms with van der Waals surface area (Å²) in [6.45, 7) is 1.90. The minimum Gasteiger partial charge on any atom is -0.317 e. The molecule has 100 valence electrons. The second-order valence-electron chi connectivity index (χ2n) is 4.66. The number of pyridine rings is 1. The lowest BCUT2D eigenvalue weighted by atomic mass is 10.1. The van der Waals surface area contributed by atoms with Crippen molar-refractivity contribution in [2.75, 3.05) is 19.3 Å². The predicted molar refractivity (Wildman–Crippen MR) is 76.7 cm³/mol. The van der Waals surface area contributed by atoms with Gasteiger partial charge in [0.1, 0.15) is 5.65 Å². The third-order valence-corrected chi connectivity index (χ3v) is 4.06. The van der Waals surface area contributed by atoms with Gasteiger partial charge in [-0.1, -0.05) is 11.8 Å². The fourth-order valence-electron chi connectivity index (χ4n) is 2.54. The summed E-state index contributed by atoms with van der Waals surface area (Å²) in [6, 6.07) is 3.66. The molecule has 0 unspecified atom stereocenters. The Balaban J connectivity index is 2.19. The molecular weight excluding hydrogens is 260 g/mol. The number of nitrogens with zero attached hydrogens (tertiary/aromatic N) is 3. The first-order valence-electron chi connectivity index (χ1n) is 6.42. The standard InChI is InChI=1S/C13H16N4OS/c1-19-13-15-8-9-2-3-11(18)17(12(9)16-13)10-4-6-14-7-5-10/h2-3,8,10,14H,4-7H2,1H3. The van der Waals surface area contributed by atoms with E-state index < -0.39 is 0 Å². The summed E-state index contributed by atoms with van der Waals surface area (Å²) >= 11 is 1.49. The Labute approximate surface area is 115 Å². The minimum atomic E-state index is 0.0325. The lowest BCUT2D eigenvalue weighted by Crippen LogP contribution is -2.34. The number of nitrogens with one attached hydrogen (secondary N) is 1. The van der Waals surface area contributed by atoms with Crippen LogP contribution in [0.1, 0.15) is 18.9 Å². The average Bonchev–Trinajstić information content (AvgIpc) is 2.47. The van der Waals surface area contributed by atoms with Gasteiger partial charge < -0.3 is 5.32 Å². The molecule has 3 rings (SSSR count). The van der Waals surface area contributed by atoms with Crippen LogP contribution in [0.15, 0.2) is 28.3 Å². The van der Waals surface area contributed by atoms with E-state index >= 15 is 0 Å². The molecule has 1 N–H and O–H groups in total. The van der Waals surface area contributed by atoms with E-state index in [9.17, 15) is 4.79 Å². The summed E-state index contributed by atoms with van der Waals surface area (Å²) in [4.78, 5) is 21.0. The maximum absolute atomic E-state index is 12.2. The van der Waals surface area contributed by atoms with Gasteiger partial charge in [-0.15, -0.1) is 0 Å². The Bertz CT molecular complexity index is 649. The second kappa shape index (κ2) is 5.30. The van der Waals surface area contributed by atoms with Gasteiger partial charge in [-0.3, -0.25) is 9.36 Å². The zero-order valence-corrected chi connectivity index (χ0v) is 11.6. The van der Waals surface area contributed by atoms with Gasteiger partial charge in [0.05, 0.1) is 0 Å². The summed E-state index contributed by atoms with van der Waals surface area (Å²) < 4.78 is 1.84. The van der Waals surface area contributed by atoms with Gasteiger partial charge in [-0.2, -0.15) is 0 Å². The molecule has 5 nitrogen and oxygen atoms in total. The van der Waals surface area contributed by atoms with Crippen molar-refractivity contribution < 1.29 is 0 Å². The van der Waals surface area contributed by atoms with Gasteiger partial charge in [0.25, 0.3) is 5.56 Å². The number of piperidine rings is 1. The first-order valence-corrected chi connectivity index (χ1v) is 7.65. The molecular formula is C13H16N4OS. The molecule has 0 saturated carbocycles. The largest absolute Gasteiger partial charge is 0.317 e. The summed E-state index contributed by atoms with van der Waals surface area (Å²) in [5, 5.41) is 4.96. The lowest BCUT2D eigenvalue weighted by molar-refractivity contribution is 0.367. The number of aromatic nitrogens is 3. The third-order valence-electron chi connectivity index (χ3n) is 3.50. The second-order valence-corrected chi connectivity index (χ2v) is 5.43. The molecule has 2 aromatic heterocycles. The molecule has 2 aromatic rings. The van der Waals surface area contributed by atoms with Gasteiger partial charge in [-0.25, -0.2) is 9.97 Å². The first-order chi connectivity index (χ1) is 9.29. The van der Waals surface area contributed by atoms with Gasteiger partial charge in [0.15, 0.2) is 5.16 Å². The SMILES string of the molecule is CSc1ncc2ccc(=O)n(C3CCNCC3)c2n1. The van der Waals surface area contributed by atoms with Crippen LogP contribution in [0, 0.1) is 0 Å². The van der Waals surface area contributed by atoms with Gasteiger partial charge >= 0.3 is 0 Å². The van der Waals surface area contributed by atoms with Crippen molar-refractivity contribution in [3.63, 3.8) is 0 Å². The van der Waals surface area contributed by atoms with Crippen molar-refractivity contribution in [3.8, 4) is 0 Å². The fourth-order valence-corrected chi connectivity index (χ4v) is 2.87. The van der Waals surface area contributed by atoms with Crippen LogP contribution >= 0.6 is 11.8 Å². The van der Waals surface area contributed by atoms with Crippen LogP contribution in [0.2, 0.25) is 0 Å². The average molecular weight is 276 g/mol. The van der Waals surface area contributed by atoms with Crippen LogP contribution in [0.4, 0.5) is 0 Å². The highest BCUT2D eigenvalue weighted by Crippen LogP contribution is 2.22. The van der Waals surface area contributed by atoms with Crippen LogP contribution in [0.25, 0.3) is 11.0 Å². The van der Waals surface area contributed by atoms with Gasteiger partial charge in [0, 0.05) is 23.7 Å². The Kier molecular flexibility index (Phi) is 3.52. The van der Waals surface area contributed by atoms with Crippen molar-refractivity contribution in [2.45, 2.75) is 24.0 Å². The molecule has 0 amide bonds. The smallest absolute Gasteiger partial charge is 0.252 e. The highest BCUT2D eigenvalue weighted by molar-refractivity contribution is 7.98. The molecule has 1 saturated heterocycles. The van der Waals surface area contributed by atoms with Crippen molar-refractivity contribution in [1.29, 1.82) is 0 Å². The highest BCUT2D eigenvalue weighted by atomic mass is 32.2. The predicted octanol–water partition coefficient (Wildman–Crippen LogP) is 1.44. The van der Waals surface area contributed by atoms with E-state index in [1.54, 1.807) is 18.3 Å². The van der Waals surface area contributed by atoms with E-state index in [1.165, 1.54) is 11.8 Å². The van der Waals surface area contributed by atoms with E-state index in [-0.39, 0.29) is 11.6 Å². The maximum atomic E-state index is 12.2. The Morgan fingerprint density at radius 1 is 1.37 bits per heavy atom. The molecule has 1 aliphatic rings. The summed E-state index contributed by atoms with van der Waals surface area (Å²) in [7, 11) is 0.